The molecule has 2 heteroatoms. The van der Waals surface area contributed by atoms with Crippen molar-refractivity contribution in [2.45, 2.75) is 66.5 Å². The highest BCUT2D eigenvalue weighted by Crippen LogP contribution is 2.26. The quantitative estimate of drug-likeness (QED) is 0.756. The lowest BCUT2D eigenvalue weighted by atomic mass is 9.99. The van der Waals surface area contributed by atoms with E-state index in [0.29, 0.717) is 0 Å². The van der Waals surface area contributed by atoms with Crippen molar-refractivity contribution in [3.63, 3.8) is 0 Å². The lowest BCUT2D eigenvalue weighted by Crippen LogP contribution is -2.29. The maximum Gasteiger partial charge on any atom is 0.0118 e. The summed E-state index contributed by atoms with van der Waals surface area (Å²) in [4.78, 5) is 4.99. The van der Waals surface area contributed by atoms with E-state index in [2.05, 4.69) is 65.4 Å². The number of likely N-dealkylation sites (tertiary alicyclic amines) is 2. The first-order valence-corrected chi connectivity index (χ1v) is 8.62. The Labute approximate surface area is 127 Å². The van der Waals surface area contributed by atoms with Gasteiger partial charge in [-0.1, -0.05) is 41.5 Å². The molecule has 0 aromatic carbocycles. The number of hydrogen-bond acceptors (Lipinski definition) is 2. The summed E-state index contributed by atoms with van der Waals surface area (Å²) >= 11 is 0. The van der Waals surface area contributed by atoms with Gasteiger partial charge >= 0.3 is 0 Å². The van der Waals surface area contributed by atoms with Crippen LogP contribution in [0.4, 0.5) is 0 Å². The number of hydrogen-bond donors (Lipinski definition) is 0. The SMILES string of the molecule is CC(C)C1C[C@@H](C)CN1C.CC(C)C1C[C@@H](C)CN1C. The fourth-order valence-electron chi connectivity index (χ4n) is 4.15. The molecule has 0 saturated carbocycles. The minimum absolute atomic E-state index is 0.829. The van der Waals surface area contributed by atoms with E-state index in [4.69, 9.17) is 0 Å². The van der Waals surface area contributed by atoms with Crippen LogP contribution in [0.1, 0.15) is 54.4 Å². The molecule has 0 radical (unpaired) electrons. The Balaban J connectivity index is 0.000000200. The Morgan fingerprint density at radius 1 is 0.700 bits per heavy atom. The molecule has 2 saturated heterocycles. The zero-order chi connectivity index (χ0) is 15.4. The van der Waals surface area contributed by atoms with Gasteiger partial charge in [0.15, 0.2) is 0 Å². The smallest absolute Gasteiger partial charge is 0.0118 e. The van der Waals surface area contributed by atoms with Gasteiger partial charge in [-0.25, -0.2) is 0 Å². The molecular formula is C18H38N2. The maximum atomic E-state index is 2.50. The van der Waals surface area contributed by atoms with Crippen LogP contribution >= 0.6 is 0 Å². The van der Waals surface area contributed by atoms with Gasteiger partial charge in [-0.15, -0.1) is 0 Å². The molecule has 120 valence electrons. The zero-order valence-corrected chi connectivity index (χ0v) is 15.2. The fourth-order valence-corrected chi connectivity index (χ4v) is 4.15. The first-order chi connectivity index (χ1) is 9.22. The van der Waals surface area contributed by atoms with Gasteiger partial charge < -0.3 is 9.80 Å². The first-order valence-electron chi connectivity index (χ1n) is 8.62. The molecule has 2 aliphatic rings. The lowest BCUT2D eigenvalue weighted by Gasteiger charge is -2.22. The lowest BCUT2D eigenvalue weighted by molar-refractivity contribution is 0.250. The largest absolute Gasteiger partial charge is 0.303 e. The third-order valence-corrected chi connectivity index (χ3v) is 5.16. The molecule has 0 aromatic heterocycles. The van der Waals surface area contributed by atoms with Crippen LogP contribution in [0.3, 0.4) is 0 Å². The van der Waals surface area contributed by atoms with Crippen LogP contribution in [0.5, 0.6) is 0 Å². The van der Waals surface area contributed by atoms with E-state index in [-0.39, 0.29) is 0 Å². The summed E-state index contributed by atoms with van der Waals surface area (Å²) in [5, 5.41) is 0. The van der Waals surface area contributed by atoms with Crippen molar-refractivity contribution in [3.8, 4) is 0 Å². The molecule has 0 aliphatic carbocycles. The van der Waals surface area contributed by atoms with E-state index in [0.717, 1.165) is 35.8 Å². The highest BCUT2D eigenvalue weighted by molar-refractivity contribution is 4.83. The summed E-state index contributed by atoms with van der Waals surface area (Å²) < 4.78 is 0. The topological polar surface area (TPSA) is 6.48 Å². The molecule has 0 amide bonds. The zero-order valence-electron chi connectivity index (χ0n) is 15.2. The van der Waals surface area contributed by atoms with Crippen molar-refractivity contribution in [3.05, 3.63) is 0 Å². The molecule has 2 fully saturated rings. The summed E-state index contributed by atoms with van der Waals surface area (Å²) in [7, 11) is 4.49. The summed E-state index contributed by atoms with van der Waals surface area (Å²) in [6.07, 6.45) is 2.79. The highest BCUT2D eigenvalue weighted by atomic mass is 15.2. The Bertz CT molecular complexity index is 247. The van der Waals surface area contributed by atoms with Gasteiger partial charge in [-0.2, -0.15) is 0 Å². The monoisotopic (exact) mass is 282 g/mol. The standard InChI is InChI=1S/2C9H19N/c2*1-7(2)9-5-8(3)6-10(9)4/h2*7-9H,5-6H2,1-4H3/t2*8-,9?/m11/s1. The van der Waals surface area contributed by atoms with Crippen LogP contribution in [0.2, 0.25) is 0 Å². The summed E-state index contributed by atoms with van der Waals surface area (Å²) in [5.41, 5.74) is 0. The van der Waals surface area contributed by atoms with Gasteiger partial charge in [0.1, 0.15) is 0 Å². The first kappa shape index (κ1) is 18.0. The predicted octanol–water partition coefficient (Wildman–Crippen LogP) is 3.97. The summed E-state index contributed by atoms with van der Waals surface area (Å²) in [6.45, 7) is 16.6. The van der Waals surface area contributed by atoms with Gasteiger partial charge in [-0.3, -0.25) is 0 Å². The molecule has 0 N–H and O–H groups in total. The molecule has 4 atom stereocenters. The average molecular weight is 283 g/mol. The van der Waals surface area contributed by atoms with Crippen LogP contribution < -0.4 is 0 Å². The highest BCUT2D eigenvalue weighted by Gasteiger charge is 2.29. The van der Waals surface area contributed by atoms with Crippen molar-refractivity contribution in [1.29, 1.82) is 0 Å². The average Bonchev–Trinajstić information content (AvgIpc) is 2.82. The third kappa shape index (κ3) is 5.04. The van der Waals surface area contributed by atoms with E-state index >= 15 is 0 Å². The van der Waals surface area contributed by atoms with E-state index in [1.807, 2.05) is 0 Å². The second-order valence-corrected chi connectivity index (χ2v) is 8.18. The van der Waals surface area contributed by atoms with Crippen LogP contribution in [-0.2, 0) is 0 Å². The van der Waals surface area contributed by atoms with Crippen molar-refractivity contribution in [2.75, 3.05) is 27.2 Å². The molecule has 2 aliphatic heterocycles. The van der Waals surface area contributed by atoms with Gasteiger partial charge in [0.25, 0.3) is 0 Å². The van der Waals surface area contributed by atoms with E-state index in [9.17, 15) is 0 Å². The second-order valence-electron chi connectivity index (χ2n) is 8.18. The third-order valence-electron chi connectivity index (χ3n) is 5.16. The van der Waals surface area contributed by atoms with Gasteiger partial charge in [0.05, 0.1) is 0 Å². The number of nitrogens with zero attached hydrogens (tertiary/aromatic N) is 2. The summed E-state index contributed by atoms with van der Waals surface area (Å²) in [6, 6.07) is 1.69. The molecule has 2 heterocycles. The molecule has 0 spiro atoms. The molecule has 2 rings (SSSR count). The van der Waals surface area contributed by atoms with Crippen molar-refractivity contribution >= 4 is 0 Å². The Hall–Kier alpha value is -0.0800. The Morgan fingerprint density at radius 2 is 1.00 bits per heavy atom. The van der Waals surface area contributed by atoms with E-state index < -0.39 is 0 Å². The van der Waals surface area contributed by atoms with Gasteiger partial charge in [-0.05, 0) is 50.6 Å². The Kier molecular flexibility index (Phi) is 7.00. The minimum Gasteiger partial charge on any atom is -0.303 e. The maximum absolute atomic E-state index is 2.50. The van der Waals surface area contributed by atoms with Crippen molar-refractivity contribution in [2.24, 2.45) is 23.7 Å². The van der Waals surface area contributed by atoms with Crippen LogP contribution in [0, 0.1) is 23.7 Å². The van der Waals surface area contributed by atoms with Gasteiger partial charge in [0.2, 0.25) is 0 Å². The minimum atomic E-state index is 0.829. The molecule has 0 aromatic rings. The molecule has 2 unspecified atom stereocenters. The molecule has 0 bridgehead atoms. The van der Waals surface area contributed by atoms with Crippen LogP contribution in [0.25, 0.3) is 0 Å². The summed E-state index contributed by atoms with van der Waals surface area (Å²) in [5.74, 6) is 3.49. The van der Waals surface area contributed by atoms with E-state index in [1.165, 1.54) is 25.9 Å². The second kappa shape index (κ2) is 7.79. The van der Waals surface area contributed by atoms with Crippen LogP contribution in [0.15, 0.2) is 0 Å². The Morgan fingerprint density at radius 3 is 1.10 bits per heavy atom. The molecule has 20 heavy (non-hydrogen) atoms. The van der Waals surface area contributed by atoms with Gasteiger partial charge in [0, 0.05) is 25.2 Å². The predicted molar refractivity (Wildman–Crippen MR) is 90.1 cm³/mol. The molecule has 2 nitrogen and oxygen atoms in total. The molecular weight excluding hydrogens is 244 g/mol. The van der Waals surface area contributed by atoms with Crippen molar-refractivity contribution in [1.82, 2.24) is 9.80 Å². The van der Waals surface area contributed by atoms with Crippen LogP contribution in [-0.4, -0.2) is 49.1 Å². The normalized spacial score (nSPS) is 35.7. The van der Waals surface area contributed by atoms with Crippen molar-refractivity contribution < 1.29 is 0 Å². The fraction of sp³-hybridized carbons (Fsp3) is 1.00. The van der Waals surface area contributed by atoms with E-state index in [1.54, 1.807) is 0 Å². The number of rotatable bonds is 2.